The first-order valence-electron chi connectivity index (χ1n) is 8.65. The molecule has 0 bridgehead atoms. The number of carboxylic acid groups (broad SMARTS) is 1. The summed E-state index contributed by atoms with van der Waals surface area (Å²) in [6.07, 6.45) is 2.64. The monoisotopic (exact) mass is 365 g/mol. The van der Waals surface area contributed by atoms with Gasteiger partial charge >= 0.3 is 12.0 Å². The van der Waals surface area contributed by atoms with Crippen molar-refractivity contribution in [2.45, 2.75) is 31.7 Å². The molecule has 8 heteroatoms. The Morgan fingerprint density at radius 1 is 1.04 bits per heavy atom. The van der Waals surface area contributed by atoms with Gasteiger partial charge < -0.3 is 20.2 Å². The highest BCUT2D eigenvalue weighted by molar-refractivity contribution is 7.12. The van der Waals surface area contributed by atoms with Gasteiger partial charge in [-0.2, -0.15) is 0 Å². The molecule has 2 heterocycles. The zero-order valence-corrected chi connectivity index (χ0v) is 14.8. The topological polar surface area (TPSA) is 89.9 Å². The molecule has 2 aliphatic rings. The molecule has 25 heavy (non-hydrogen) atoms. The normalized spacial score (nSPS) is 24.0. The first-order chi connectivity index (χ1) is 12.0. The Hall–Kier alpha value is -2.09. The van der Waals surface area contributed by atoms with E-state index in [1.807, 2.05) is 17.5 Å². The number of rotatable bonds is 3. The van der Waals surface area contributed by atoms with Crippen molar-refractivity contribution >= 4 is 29.2 Å². The van der Waals surface area contributed by atoms with E-state index in [4.69, 9.17) is 5.11 Å². The van der Waals surface area contributed by atoms with Crippen LogP contribution in [-0.2, 0) is 4.79 Å². The fourth-order valence-electron chi connectivity index (χ4n) is 3.42. The lowest BCUT2D eigenvalue weighted by molar-refractivity contribution is -0.142. The molecular weight excluding hydrogens is 342 g/mol. The van der Waals surface area contributed by atoms with Gasteiger partial charge in [0.25, 0.3) is 5.91 Å². The molecule has 0 spiro atoms. The molecule has 2 N–H and O–H groups in total. The predicted molar refractivity (Wildman–Crippen MR) is 93.7 cm³/mol. The molecule has 1 saturated carbocycles. The Labute approximate surface area is 150 Å². The summed E-state index contributed by atoms with van der Waals surface area (Å²) in [5.74, 6) is -0.988. The van der Waals surface area contributed by atoms with E-state index in [9.17, 15) is 14.4 Å². The molecule has 0 aromatic carbocycles. The lowest BCUT2D eigenvalue weighted by Crippen LogP contribution is -2.54. The van der Waals surface area contributed by atoms with E-state index in [0.717, 1.165) is 4.88 Å². The summed E-state index contributed by atoms with van der Waals surface area (Å²) < 4.78 is 0. The summed E-state index contributed by atoms with van der Waals surface area (Å²) >= 11 is 1.43. The van der Waals surface area contributed by atoms with Gasteiger partial charge in [0, 0.05) is 32.2 Å². The first kappa shape index (κ1) is 17.7. The number of nitrogens with zero attached hydrogens (tertiary/aromatic N) is 2. The summed E-state index contributed by atoms with van der Waals surface area (Å²) in [5, 5.41) is 13.9. The van der Waals surface area contributed by atoms with Crippen LogP contribution in [0.3, 0.4) is 0 Å². The van der Waals surface area contributed by atoms with Crippen LogP contribution < -0.4 is 5.32 Å². The first-order valence-corrected chi connectivity index (χ1v) is 9.53. The van der Waals surface area contributed by atoms with Crippen LogP contribution in [0.5, 0.6) is 0 Å². The number of nitrogens with one attached hydrogen (secondary N) is 1. The molecule has 1 aliphatic carbocycles. The highest BCUT2D eigenvalue weighted by Gasteiger charge is 2.29. The Balaban J connectivity index is 1.43. The molecule has 1 aromatic rings. The maximum absolute atomic E-state index is 12.4. The third-order valence-electron chi connectivity index (χ3n) is 4.99. The lowest BCUT2D eigenvalue weighted by atomic mass is 9.86. The van der Waals surface area contributed by atoms with E-state index in [2.05, 4.69) is 5.32 Å². The molecule has 0 unspecified atom stereocenters. The predicted octanol–water partition coefficient (Wildman–Crippen LogP) is 1.86. The zero-order chi connectivity index (χ0) is 17.8. The van der Waals surface area contributed by atoms with Gasteiger partial charge in [-0.1, -0.05) is 6.07 Å². The van der Waals surface area contributed by atoms with Crippen LogP contribution in [0.25, 0.3) is 0 Å². The van der Waals surface area contributed by atoms with Crippen molar-refractivity contribution in [2.24, 2.45) is 5.92 Å². The molecule has 0 atom stereocenters. The number of piperazine rings is 1. The van der Waals surface area contributed by atoms with Crippen LogP contribution in [-0.4, -0.2) is 65.0 Å². The van der Waals surface area contributed by atoms with E-state index in [1.165, 1.54) is 11.3 Å². The van der Waals surface area contributed by atoms with Gasteiger partial charge in [-0.15, -0.1) is 11.3 Å². The average Bonchev–Trinajstić information content (AvgIpc) is 3.16. The smallest absolute Gasteiger partial charge is 0.317 e. The van der Waals surface area contributed by atoms with Crippen molar-refractivity contribution in [3.8, 4) is 0 Å². The molecule has 1 aliphatic heterocycles. The Bertz CT molecular complexity index is 618. The van der Waals surface area contributed by atoms with Gasteiger partial charge in [-0.25, -0.2) is 4.79 Å². The van der Waals surface area contributed by atoms with Crippen molar-refractivity contribution in [1.29, 1.82) is 0 Å². The Morgan fingerprint density at radius 2 is 1.68 bits per heavy atom. The van der Waals surface area contributed by atoms with Crippen LogP contribution in [0, 0.1) is 5.92 Å². The average molecular weight is 365 g/mol. The summed E-state index contributed by atoms with van der Waals surface area (Å²) in [6.45, 7) is 2.12. The summed E-state index contributed by atoms with van der Waals surface area (Å²) in [4.78, 5) is 39.9. The fourth-order valence-corrected chi connectivity index (χ4v) is 4.11. The van der Waals surface area contributed by atoms with Crippen molar-refractivity contribution in [2.75, 3.05) is 26.2 Å². The zero-order valence-electron chi connectivity index (χ0n) is 14.0. The highest BCUT2D eigenvalue weighted by atomic mass is 32.1. The third kappa shape index (κ3) is 4.31. The number of carbonyl (C=O) groups is 3. The minimum absolute atomic E-state index is 0.0297. The van der Waals surface area contributed by atoms with Gasteiger partial charge in [0.2, 0.25) is 0 Å². The van der Waals surface area contributed by atoms with Crippen LogP contribution in [0.1, 0.15) is 35.4 Å². The van der Waals surface area contributed by atoms with Crippen LogP contribution in [0.2, 0.25) is 0 Å². The quantitative estimate of drug-likeness (QED) is 0.855. The van der Waals surface area contributed by atoms with Crippen LogP contribution in [0.4, 0.5) is 4.79 Å². The van der Waals surface area contributed by atoms with Gasteiger partial charge in [-0.05, 0) is 37.1 Å². The third-order valence-corrected chi connectivity index (χ3v) is 5.85. The second-order valence-corrected chi connectivity index (χ2v) is 7.54. The summed E-state index contributed by atoms with van der Waals surface area (Å²) in [5.41, 5.74) is 0. The van der Waals surface area contributed by atoms with Gasteiger partial charge in [0.05, 0.1) is 10.8 Å². The second kappa shape index (κ2) is 7.86. The standard InChI is InChI=1S/C17H23N3O4S/c21-15(14-2-1-11-25-14)19-7-9-20(10-8-19)17(24)18-13-5-3-12(4-6-13)16(22)23/h1-2,11-13H,3-10H2,(H,18,24)(H,22,23). The van der Waals surface area contributed by atoms with Crippen molar-refractivity contribution < 1.29 is 19.5 Å². The molecule has 3 amide bonds. The maximum atomic E-state index is 12.4. The molecule has 7 nitrogen and oxygen atoms in total. The van der Waals surface area contributed by atoms with Crippen molar-refractivity contribution in [1.82, 2.24) is 15.1 Å². The molecular formula is C17H23N3O4S. The van der Waals surface area contributed by atoms with Crippen molar-refractivity contribution in [3.63, 3.8) is 0 Å². The molecule has 0 radical (unpaired) electrons. The number of hydrogen-bond donors (Lipinski definition) is 2. The number of thiophene rings is 1. The number of aliphatic carboxylic acids is 1. The van der Waals surface area contributed by atoms with E-state index >= 15 is 0 Å². The SMILES string of the molecule is O=C(O)C1CCC(NC(=O)N2CCN(C(=O)c3cccs3)CC2)CC1. The second-order valence-electron chi connectivity index (χ2n) is 6.59. The van der Waals surface area contributed by atoms with Crippen LogP contribution >= 0.6 is 11.3 Å². The van der Waals surface area contributed by atoms with Gasteiger partial charge in [0.15, 0.2) is 0 Å². The van der Waals surface area contributed by atoms with E-state index in [-0.39, 0.29) is 23.9 Å². The van der Waals surface area contributed by atoms with E-state index in [1.54, 1.807) is 9.80 Å². The highest BCUT2D eigenvalue weighted by Crippen LogP contribution is 2.24. The largest absolute Gasteiger partial charge is 0.481 e. The Kier molecular flexibility index (Phi) is 5.57. The summed E-state index contributed by atoms with van der Waals surface area (Å²) in [7, 11) is 0. The van der Waals surface area contributed by atoms with Crippen LogP contribution in [0.15, 0.2) is 17.5 Å². The molecule has 136 valence electrons. The number of carbonyl (C=O) groups excluding carboxylic acids is 2. The molecule has 3 rings (SSSR count). The number of carboxylic acids is 1. The van der Waals surface area contributed by atoms with Crippen molar-refractivity contribution in [3.05, 3.63) is 22.4 Å². The molecule has 2 fully saturated rings. The molecule has 1 aromatic heterocycles. The number of hydrogen-bond acceptors (Lipinski definition) is 4. The summed E-state index contributed by atoms with van der Waals surface area (Å²) in [6, 6.07) is 3.62. The molecule has 1 saturated heterocycles. The van der Waals surface area contributed by atoms with Gasteiger partial charge in [-0.3, -0.25) is 9.59 Å². The fraction of sp³-hybridized carbons (Fsp3) is 0.588. The number of urea groups is 1. The minimum atomic E-state index is -0.740. The minimum Gasteiger partial charge on any atom is -0.481 e. The Morgan fingerprint density at radius 3 is 2.24 bits per heavy atom. The van der Waals surface area contributed by atoms with E-state index in [0.29, 0.717) is 51.9 Å². The van der Waals surface area contributed by atoms with Gasteiger partial charge in [0.1, 0.15) is 0 Å². The lowest BCUT2D eigenvalue weighted by Gasteiger charge is -2.36. The van der Waals surface area contributed by atoms with E-state index < -0.39 is 5.97 Å². The maximum Gasteiger partial charge on any atom is 0.317 e. The number of amides is 3.